The second-order valence-corrected chi connectivity index (χ2v) is 10.9. The zero-order chi connectivity index (χ0) is 30.7. The molecule has 0 saturated carbocycles. The molecule has 0 saturated heterocycles. The molecule has 0 spiro atoms. The van der Waals surface area contributed by atoms with Gasteiger partial charge in [-0.05, 0) is 72.6 Å². The minimum Gasteiger partial charge on any atom is -0.497 e. The normalized spacial score (nSPS) is 11.1. The molecule has 4 rings (SSSR count). The first-order chi connectivity index (χ1) is 20.8. The monoisotopic (exact) mass is 603 g/mol. The molecule has 0 atom stereocenters. The summed E-state index contributed by atoms with van der Waals surface area (Å²) >= 11 is 0. The third kappa shape index (κ3) is 8.04. The molecule has 0 bridgehead atoms. The molecule has 11 heteroatoms. The smallest absolute Gasteiger partial charge is 0.264 e. The Labute approximate surface area is 251 Å². The summed E-state index contributed by atoms with van der Waals surface area (Å²) in [5, 5.41) is 4.04. The number of methoxy groups -OCH3 is 2. The summed E-state index contributed by atoms with van der Waals surface area (Å²) in [6.45, 7) is 2.13. The highest BCUT2D eigenvalue weighted by atomic mass is 32.2. The maximum Gasteiger partial charge on any atom is 0.264 e. The zero-order valence-corrected chi connectivity index (χ0v) is 24.9. The molecule has 224 valence electrons. The van der Waals surface area contributed by atoms with Crippen LogP contribution in [0.25, 0.3) is 0 Å². The van der Waals surface area contributed by atoms with Gasteiger partial charge in [0.25, 0.3) is 15.9 Å². The van der Waals surface area contributed by atoms with Crippen molar-refractivity contribution in [3.05, 3.63) is 108 Å². The van der Waals surface area contributed by atoms with E-state index in [0.717, 1.165) is 9.87 Å². The summed E-state index contributed by atoms with van der Waals surface area (Å²) < 4.78 is 50.6. The summed E-state index contributed by atoms with van der Waals surface area (Å²) in [7, 11) is -1.26. The molecule has 0 radical (unpaired) electrons. The van der Waals surface area contributed by atoms with Crippen LogP contribution in [0.1, 0.15) is 18.1 Å². The standard InChI is InChI=1S/C32H33N3O7S/c1-4-41-31-20-25(14-19-30(31)42-23-24-10-6-5-7-11-24)21-33-34-32(36)22-35(28-12-8-9-13-29(28)40-3)43(37,38)27-17-15-26(39-2)16-18-27/h5-21H,4,22-23H2,1-3H3,(H,34,36)/b33-21-. The Morgan fingerprint density at radius 3 is 2.26 bits per heavy atom. The number of hydrogen-bond acceptors (Lipinski definition) is 8. The first kappa shape index (κ1) is 30.9. The molecule has 1 N–H and O–H groups in total. The molecule has 4 aromatic carbocycles. The van der Waals surface area contributed by atoms with E-state index in [1.165, 1.54) is 44.7 Å². The average molecular weight is 604 g/mol. The minimum absolute atomic E-state index is 0.0199. The van der Waals surface area contributed by atoms with Gasteiger partial charge in [-0.3, -0.25) is 9.10 Å². The fourth-order valence-electron chi connectivity index (χ4n) is 4.08. The van der Waals surface area contributed by atoms with E-state index in [1.54, 1.807) is 42.5 Å². The Bertz CT molecular complexity index is 1640. The van der Waals surface area contributed by atoms with Crippen molar-refractivity contribution >= 4 is 27.8 Å². The van der Waals surface area contributed by atoms with Crippen LogP contribution in [0, 0.1) is 0 Å². The molecule has 0 aliphatic carbocycles. The molecule has 10 nitrogen and oxygen atoms in total. The van der Waals surface area contributed by atoms with Crippen LogP contribution in [-0.4, -0.2) is 47.9 Å². The zero-order valence-electron chi connectivity index (χ0n) is 24.1. The van der Waals surface area contributed by atoms with Crippen LogP contribution in [0.2, 0.25) is 0 Å². The quantitative estimate of drug-likeness (QED) is 0.159. The molecular formula is C32H33N3O7S. The Hall–Kier alpha value is -5.03. The van der Waals surface area contributed by atoms with Crippen molar-refractivity contribution in [3.8, 4) is 23.0 Å². The number of anilines is 1. The van der Waals surface area contributed by atoms with Gasteiger partial charge in [0.05, 0.1) is 37.6 Å². The predicted molar refractivity (Wildman–Crippen MR) is 165 cm³/mol. The fourth-order valence-corrected chi connectivity index (χ4v) is 5.51. The summed E-state index contributed by atoms with van der Waals surface area (Å²) in [5.41, 5.74) is 4.28. The van der Waals surface area contributed by atoms with Crippen LogP contribution in [-0.2, 0) is 21.4 Å². The van der Waals surface area contributed by atoms with E-state index in [2.05, 4.69) is 10.5 Å². The third-order valence-corrected chi connectivity index (χ3v) is 7.97. The van der Waals surface area contributed by atoms with E-state index >= 15 is 0 Å². The van der Waals surface area contributed by atoms with Crippen molar-refractivity contribution in [1.82, 2.24) is 5.43 Å². The minimum atomic E-state index is -4.17. The van der Waals surface area contributed by atoms with Gasteiger partial charge in [0, 0.05) is 0 Å². The van der Waals surface area contributed by atoms with Gasteiger partial charge in [0.1, 0.15) is 24.7 Å². The van der Waals surface area contributed by atoms with E-state index < -0.39 is 22.5 Å². The van der Waals surface area contributed by atoms with Crippen LogP contribution >= 0.6 is 0 Å². The maximum absolute atomic E-state index is 13.7. The van der Waals surface area contributed by atoms with Crippen LogP contribution in [0.5, 0.6) is 23.0 Å². The van der Waals surface area contributed by atoms with Gasteiger partial charge in [-0.15, -0.1) is 0 Å². The lowest BCUT2D eigenvalue weighted by Gasteiger charge is -2.25. The molecule has 0 aliphatic heterocycles. The van der Waals surface area contributed by atoms with Gasteiger partial charge in [-0.1, -0.05) is 42.5 Å². The number of nitrogens with one attached hydrogen (secondary N) is 1. The second kappa shape index (κ2) is 14.7. The largest absolute Gasteiger partial charge is 0.497 e. The lowest BCUT2D eigenvalue weighted by Crippen LogP contribution is -2.39. The van der Waals surface area contributed by atoms with Crippen molar-refractivity contribution in [2.24, 2.45) is 5.10 Å². The number of nitrogens with zero attached hydrogens (tertiary/aromatic N) is 2. The van der Waals surface area contributed by atoms with Crippen LogP contribution in [0.3, 0.4) is 0 Å². The van der Waals surface area contributed by atoms with Crippen molar-refractivity contribution in [2.45, 2.75) is 18.4 Å². The van der Waals surface area contributed by atoms with Crippen LogP contribution in [0.15, 0.2) is 107 Å². The van der Waals surface area contributed by atoms with E-state index in [-0.39, 0.29) is 16.3 Å². The molecule has 0 fully saturated rings. The average Bonchev–Trinajstić information content (AvgIpc) is 3.04. The van der Waals surface area contributed by atoms with Gasteiger partial charge in [-0.25, -0.2) is 13.8 Å². The molecule has 0 aliphatic rings. The molecular weight excluding hydrogens is 570 g/mol. The van der Waals surface area contributed by atoms with E-state index in [1.807, 2.05) is 37.3 Å². The summed E-state index contributed by atoms with van der Waals surface area (Å²) in [6, 6.07) is 27.5. The van der Waals surface area contributed by atoms with Crippen LogP contribution in [0.4, 0.5) is 5.69 Å². The number of carbonyl (C=O) groups excluding carboxylic acids is 1. The Morgan fingerprint density at radius 2 is 1.56 bits per heavy atom. The number of carbonyl (C=O) groups is 1. The topological polar surface area (TPSA) is 116 Å². The first-order valence-corrected chi connectivity index (χ1v) is 14.8. The fraction of sp³-hybridized carbons (Fsp3) is 0.188. The van der Waals surface area contributed by atoms with Gasteiger partial charge in [0.15, 0.2) is 11.5 Å². The van der Waals surface area contributed by atoms with Crippen LogP contribution < -0.4 is 28.7 Å². The third-order valence-electron chi connectivity index (χ3n) is 6.20. The number of ether oxygens (including phenoxy) is 4. The van der Waals surface area contributed by atoms with Gasteiger partial charge >= 0.3 is 0 Å². The highest BCUT2D eigenvalue weighted by molar-refractivity contribution is 7.92. The van der Waals surface area contributed by atoms with Crippen molar-refractivity contribution in [3.63, 3.8) is 0 Å². The van der Waals surface area contributed by atoms with Crippen molar-refractivity contribution in [1.29, 1.82) is 0 Å². The van der Waals surface area contributed by atoms with Gasteiger partial charge < -0.3 is 18.9 Å². The van der Waals surface area contributed by atoms with E-state index in [4.69, 9.17) is 18.9 Å². The predicted octanol–water partition coefficient (Wildman–Crippen LogP) is 5.03. The lowest BCUT2D eigenvalue weighted by atomic mass is 10.2. The SMILES string of the molecule is CCOc1cc(/C=N\NC(=O)CN(c2ccccc2OC)S(=O)(=O)c2ccc(OC)cc2)ccc1OCc1ccccc1. The molecule has 4 aromatic rings. The van der Waals surface area contributed by atoms with Crippen molar-refractivity contribution < 1.29 is 32.2 Å². The number of benzene rings is 4. The number of amides is 1. The summed E-state index contributed by atoms with van der Waals surface area (Å²) in [6.07, 6.45) is 1.44. The number of rotatable bonds is 14. The molecule has 0 aromatic heterocycles. The summed E-state index contributed by atoms with van der Waals surface area (Å²) in [5.74, 6) is 1.23. The second-order valence-electron chi connectivity index (χ2n) is 9.07. The first-order valence-electron chi connectivity index (χ1n) is 13.4. The number of para-hydroxylation sites is 2. The number of sulfonamides is 1. The number of hydrazone groups is 1. The molecule has 0 unspecified atom stereocenters. The Morgan fingerprint density at radius 1 is 0.837 bits per heavy atom. The highest BCUT2D eigenvalue weighted by Crippen LogP contribution is 2.33. The van der Waals surface area contributed by atoms with Gasteiger partial charge in [0.2, 0.25) is 0 Å². The van der Waals surface area contributed by atoms with E-state index in [9.17, 15) is 13.2 Å². The molecule has 1 amide bonds. The van der Waals surface area contributed by atoms with E-state index in [0.29, 0.717) is 36.0 Å². The van der Waals surface area contributed by atoms with Crippen molar-refractivity contribution in [2.75, 3.05) is 31.7 Å². The lowest BCUT2D eigenvalue weighted by molar-refractivity contribution is -0.119. The summed E-state index contributed by atoms with van der Waals surface area (Å²) in [4.78, 5) is 13.0. The Balaban J connectivity index is 1.50. The Kier molecular flexibility index (Phi) is 10.6. The van der Waals surface area contributed by atoms with Gasteiger partial charge in [-0.2, -0.15) is 5.10 Å². The maximum atomic E-state index is 13.7. The molecule has 0 heterocycles. The molecule has 43 heavy (non-hydrogen) atoms. The number of hydrogen-bond donors (Lipinski definition) is 1. The highest BCUT2D eigenvalue weighted by Gasteiger charge is 2.29.